The molecule has 0 unspecified atom stereocenters. The van der Waals surface area contributed by atoms with Crippen LogP contribution in [0.3, 0.4) is 0 Å². The van der Waals surface area contributed by atoms with Crippen molar-refractivity contribution >= 4 is 31.9 Å². The Balaban J connectivity index is 2.02. The maximum absolute atomic E-state index is 5.81. The van der Waals surface area contributed by atoms with Gasteiger partial charge in [-0.2, -0.15) is 0 Å². The summed E-state index contributed by atoms with van der Waals surface area (Å²) in [5.41, 5.74) is 0. The van der Waals surface area contributed by atoms with Gasteiger partial charge >= 0.3 is 0 Å². The predicted molar refractivity (Wildman–Crippen MR) is 74.9 cm³/mol. The van der Waals surface area contributed by atoms with E-state index in [1.807, 2.05) is 12.1 Å². The molecule has 1 fully saturated rings. The molecule has 0 saturated carbocycles. The highest BCUT2D eigenvalue weighted by Gasteiger charge is 2.15. The maximum atomic E-state index is 5.81. The van der Waals surface area contributed by atoms with Crippen LogP contribution in [0.15, 0.2) is 21.1 Å². The van der Waals surface area contributed by atoms with Crippen LogP contribution in [-0.2, 0) is 0 Å². The summed E-state index contributed by atoms with van der Waals surface area (Å²) in [5, 5.41) is 3.41. The molecule has 3 nitrogen and oxygen atoms in total. The van der Waals surface area contributed by atoms with Gasteiger partial charge in [-0.1, -0.05) is 0 Å². The smallest absolute Gasteiger partial charge is 0.134 e. The maximum Gasteiger partial charge on any atom is 0.134 e. The van der Waals surface area contributed by atoms with E-state index in [2.05, 4.69) is 37.2 Å². The van der Waals surface area contributed by atoms with Gasteiger partial charge in [0, 0.05) is 6.04 Å². The molecule has 0 aromatic heterocycles. The Kier molecular flexibility index (Phi) is 4.70. The lowest BCUT2D eigenvalue weighted by atomic mass is 10.2. The summed E-state index contributed by atoms with van der Waals surface area (Å²) in [4.78, 5) is 0. The fourth-order valence-corrected chi connectivity index (χ4v) is 2.79. The minimum Gasteiger partial charge on any atom is -0.496 e. The van der Waals surface area contributed by atoms with Crippen molar-refractivity contribution in [1.82, 2.24) is 5.32 Å². The van der Waals surface area contributed by atoms with Crippen molar-refractivity contribution in [2.75, 3.05) is 20.3 Å². The summed E-state index contributed by atoms with van der Waals surface area (Å²) in [5.74, 6) is 1.63. The molecule has 1 atom stereocenters. The van der Waals surface area contributed by atoms with Crippen LogP contribution in [-0.4, -0.2) is 26.3 Å². The first kappa shape index (κ1) is 13.2. The topological polar surface area (TPSA) is 30.5 Å². The molecular weight excluding hydrogens is 350 g/mol. The summed E-state index contributed by atoms with van der Waals surface area (Å²) in [6, 6.07) is 4.31. The predicted octanol–water partition coefficient (Wildman–Crippen LogP) is 3.35. The number of halogens is 2. The van der Waals surface area contributed by atoms with Gasteiger partial charge in [0.25, 0.3) is 0 Å². The van der Waals surface area contributed by atoms with E-state index >= 15 is 0 Å². The van der Waals surface area contributed by atoms with Crippen LogP contribution in [0.25, 0.3) is 0 Å². The highest BCUT2D eigenvalue weighted by molar-refractivity contribution is 9.11. The number of methoxy groups -OCH3 is 1. The largest absolute Gasteiger partial charge is 0.496 e. The molecule has 17 heavy (non-hydrogen) atoms. The lowest BCUT2D eigenvalue weighted by Crippen LogP contribution is -2.28. The molecule has 1 heterocycles. The zero-order valence-electron chi connectivity index (χ0n) is 9.63. The number of ether oxygens (including phenoxy) is 2. The standard InChI is InChI=1S/C12H15Br2NO2/c1-16-11-5-10(14)12(6-9(11)13)17-7-8-3-2-4-15-8/h5-6,8,15H,2-4,7H2,1H3/t8-/m1/s1. The van der Waals surface area contributed by atoms with Gasteiger partial charge in [-0.3, -0.25) is 0 Å². The molecule has 1 saturated heterocycles. The molecule has 2 rings (SSSR count). The second-order valence-corrected chi connectivity index (χ2v) is 5.73. The molecule has 5 heteroatoms. The average molecular weight is 365 g/mol. The van der Waals surface area contributed by atoms with E-state index < -0.39 is 0 Å². The first-order valence-corrected chi connectivity index (χ1v) is 7.18. The van der Waals surface area contributed by atoms with Crippen molar-refractivity contribution in [3.8, 4) is 11.5 Å². The molecule has 0 bridgehead atoms. The number of hydrogen-bond donors (Lipinski definition) is 1. The number of rotatable bonds is 4. The van der Waals surface area contributed by atoms with E-state index in [1.54, 1.807) is 7.11 Å². The molecular formula is C12H15Br2NO2. The summed E-state index contributed by atoms with van der Waals surface area (Å²) in [6.07, 6.45) is 2.43. The van der Waals surface area contributed by atoms with Gasteiger partial charge in [-0.05, 0) is 63.4 Å². The average Bonchev–Trinajstić information content (AvgIpc) is 2.82. The van der Waals surface area contributed by atoms with Gasteiger partial charge in [0.1, 0.15) is 18.1 Å². The Hall–Kier alpha value is -0.260. The molecule has 0 spiro atoms. The minimum absolute atomic E-state index is 0.475. The third-order valence-corrected chi connectivity index (χ3v) is 4.05. The number of hydrogen-bond acceptors (Lipinski definition) is 3. The third kappa shape index (κ3) is 3.36. The number of nitrogens with one attached hydrogen (secondary N) is 1. The highest BCUT2D eigenvalue weighted by Crippen LogP contribution is 2.36. The van der Waals surface area contributed by atoms with Gasteiger partial charge in [-0.25, -0.2) is 0 Å². The minimum atomic E-state index is 0.475. The zero-order valence-corrected chi connectivity index (χ0v) is 12.8. The molecule has 0 aliphatic carbocycles. The van der Waals surface area contributed by atoms with E-state index in [1.165, 1.54) is 12.8 Å². The fourth-order valence-electron chi connectivity index (χ4n) is 1.87. The Morgan fingerprint density at radius 1 is 1.29 bits per heavy atom. The van der Waals surface area contributed by atoms with Gasteiger partial charge in [-0.15, -0.1) is 0 Å². The van der Waals surface area contributed by atoms with Crippen LogP contribution < -0.4 is 14.8 Å². The van der Waals surface area contributed by atoms with E-state index in [0.717, 1.165) is 27.0 Å². The second-order valence-electron chi connectivity index (χ2n) is 4.02. The van der Waals surface area contributed by atoms with Crippen LogP contribution >= 0.6 is 31.9 Å². The summed E-state index contributed by atoms with van der Waals surface area (Å²) < 4.78 is 12.8. The summed E-state index contributed by atoms with van der Waals surface area (Å²) in [6.45, 7) is 1.80. The van der Waals surface area contributed by atoms with E-state index in [-0.39, 0.29) is 0 Å². The number of benzene rings is 1. The van der Waals surface area contributed by atoms with Crippen LogP contribution in [0, 0.1) is 0 Å². The lowest BCUT2D eigenvalue weighted by molar-refractivity contribution is 0.275. The van der Waals surface area contributed by atoms with Crippen LogP contribution in [0.4, 0.5) is 0 Å². The Labute approximate surface area is 118 Å². The molecule has 1 N–H and O–H groups in total. The van der Waals surface area contributed by atoms with Crippen molar-refractivity contribution < 1.29 is 9.47 Å². The van der Waals surface area contributed by atoms with E-state index in [0.29, 0.717) is 12.6 Å². The molecule has 94 valence electrons. The first-order valence-electron chi connectivity index (χ1n) is 5.60. The van der Waals surface area contributed by atoms with E-state index in [9.17, 15) is 0 Å². The second kappa shape index (κ2) is 6.07. The van der Waals surface area contributed by atoms with Gasteiger partial charge in [0.2, 0.25) is 0 Å². The summed E-state index contributed by atoms with van der Waals surface area (Å²) >= 11 is 6.94. The lowest BCUT2D eigenvalue weighted by Gasteiger charge is -2.14. The highest BCUT2D eigenvalue weighted by atomic mass is 79.9. The van der Waals surface area contributed by atoms with Crippen molar-refractivity contribution in [2.45, 2.75) is 18.9 Å². The van der Waals surface area contributed by atoms with Crippen LogP contribution in [0.2, 0.25) is 0 Å². The Bertz CT molecular complexity index is 392. The van der Waals surface area contributed by atoms with E-state index in [4.69, 9.17) is 9.47 Å². The van der Waals surface area contributed by atoms with Crippen molar-refractivity contribution in [3.05, 3.63) is 21.1 Å². The third-order valence-electron chi connectivity index (χ3n) is 2.81. The molecule has 0 amide bonds. The van der Waals surface area contributed by atoms with Crippen molar-refractivity contribution in [1.29, 1.82) is 0 Å². The quantitative estimate of drug-likeness (QED) is 0.888. The molecule has 1 aromatic rings. The molecule has 1 aliphatic heterocycles. The van der Waals surface area contributed by atoms with Gasteiger partial charge in [0.05, 0.1) is 16.1 Å². The molecule has 0 radical (unpaired) electrons. The van der Waals surface area contributed by atoms with Crippen molar-refractivity contribution in [3.63, 3.8) is 0 Å². The van der Waals surface area contributed by atoms with Crippen LogP contribution in [0.1, 0.15) is 12.8 Å². The van der Waals surface area contributed by atoms with Crippen LogP contribution in [0.5, 0.6) is 11.5 Å². The molecule has 1 aliphatic rings. The summed E-state index contributed by atoms with van der Waals surface area (Å²) in [7, 11) is 1.65. The van der Waals surface area contributed by atoms with Crippen molar-refractivity contribution in [2.24, 2.45) is 0 Å². The van der Waals surface area contributed by atoms with Gasteiger partial charge < -0.3 is 14.8 Å². The monoisotopic (exact) mass is 363 g/mol. The normalized spacial score (nSPS) is 19.4. The van der Waals surface area contributed by atoms with Gasteiger partial charge in [0.15, 0.2) is 0 Å². The fraction of sp³-hybridized carbons (Fsp3) is 0.500. The Morgan fingerprint density at radius 2 is 2.00 bits per heavy atom. The molecule has 1 aromatic carbocycles. The SMILES string of the molecule is COc1cc(Br)c(OC[C@H]2CCCN2)cc1Br. The Morgan fingerprint density at radius 3 is 2.65 bits per heavy atom. The zero-order chi connectivity index (χ0) is 12.3. The first-order chi connectivity index (χ1) is 8.20.